The van der Waals surface area contributed by atoms with Gasteiger partial charge in [-0.3, -0.25) is 14.9 Å². The van der Waals surface area contributed by atoms with Crippen molar-refractivity contribution in [3.05, 3.63) is 82.8 Å². The number of likely N-dealkylation sites (tertiary alicyclic amines) is 1. The average molecular weight is 470 g/mol. The highest BCUT2D eigenvalue weighted by molar-refractivity contribution is 5.89. The molecule has 1 aliphatic carbocycles. The molecular weight excluding hydrogens is 438 g/mol. The number of pyridine rings is 1. The van der Waals surface area contributed by atoms with E-state index in [4.69, 9.17) is 9.84 Å². The molecule has 2 aromatic heterocycles. The Morgan fingerprint density at radius 2 is 1.86 bits per heavy atom. The highest BCUT2D eigenvalue weighted by Crippen LogP contribution is 2.28. The van der Waals surface area contributed by atoms with Crippen molar-refractivity contribution in [2.24, 2.45) is 0 Å². The molecule has 4 aromatic rings. The van der Waals surface area contributed by atoms with E-state index in [1.807, 2.05) is 30.5 Å². The minimum Gasteiger partial charge on any atom is -0.490 e. The number of rotatable bonds is 6. The second-order valence-electron chi connectivity index (χ2n) is 9.84. The molecule has 1 saturated carbocycles. The summed E-state index contributed by atoms with van der Waals surface area (Å²) in [5, 5.41) is 6.70. The molecule has 2 aromatic carbocycles. The third-order valence-corrected chi connectivity index (χ3v) is 7.35. The molecule has 6 rings (SSSR count). The number of hydrogen-bond donors (Lipinski definition) is 1. The molecule has 3 heterocycles. The summed E-state index contributed by atoms with van der Waals surface area (Å²) in [7, 11) is 0. The van der Waals surface area contributed by atoms with E-state index < -0.39 is 0 Å². The van der Waals surface area contributed by atoms with Gasteiger partial charge in [-0.15, -0.1) is 5.10 Å². The third kappa shape index (κ3) is 4.73. The second-order valence-corrected chi connectivity index (χ2v) is 9.84. The molecule has 35 heavy (non-hydrogen) atoms. The lowest BCUT2D eigenvalue weighted by molar-refractivity contribution is 0.196. The normalized spacial score (nSPS) is 19.4. The van der Waals surface area contributed by atoms with Gasteiger partial charge in [0.1, 0.15) is 11.6 Å². The average Bonchev–Trinajstić information content (AvgIpc) is 3.55. The molecule has 0 spiro atoms. The standard InChI is InChI=1S/C28H31N5O2/c34-28-30-27(31-33(28)26-9-3-5-21-17-29-15-14-25(21)26)22-6-4-16-32(19-22)18-20-10-12-24(13-11-20)35-23-7-1-2-8-23/h3,5,9-15,17,22-23H,1-2,4,6-8,16,18-19H2,(H,30,31,34). The lowest BCUT2D eigenvalue weighted by Crippen LogP contribution is -2.34. The summed E-state index contributed by atoms with van der Waals surface area (Å²) >= 11 is 0. The van der Waals surface area contributed by atoms with Gasteiger partial charge in [-0.05, 0) is 74.9 Å². The van der Waals surface area contributed by atoms with E-state index in [1.165, 1.54) is 35.9 Å². The van der Waals surface area contributed by atoms with Gasteiger partial charge in [0.25, 0.3) is 0 Å². The van der Waals surface area contributed by atoms with Gasteiger partial charge in [0, 0.05) is 42.2 Å². The van der Waals surface area contributed by atoms with E-state index >= 15 is 0 Å². The number of nitrogens with one attached hydrogen (secondary N) is 1. The number of aromatic amines is 1. The molecule has 1 N–H and O–H groups in total. The number of aromatic nitrogens is 4. The van der Waals surface area contributed by atoms with Crippen molar-refractivity contribution in [2.45, 2.75) is 57.1 Å². The number of hydrogen-bond acceptors (Lipinski definition) is 5. The summed E-state index contributed by atoms with van der Waals surface area (Å²) in [6.45, 7) is 2.83. The SMILES string of the molecule is O=c1[nH]c(C2CCCN(Cc3ccc(OC4CCCC4)cc3)C2)nn1-c1cccc2cnccc12. The third-order valence-electron chi connectivity index (χ3n) is 7.35. The number of benzene rings is 2. The molecule has 1 atom stereocenters. The Bertz CT molecular complexity index is 1350. The van der Waals surface area contributed by atoms with Gasteiger partial charge in [0.15, 0.2) is 0 Å². The Hall–Kier alpha value is -3.45. The summed E-state index contributed by atoms with van der Waals surface area (Å²) in [6, 6.07) is 16.4. The van der Waals surface area contributed by atoms with Gasteiger partial charge in [-0.2, -0.15) is 4.68 Å². The maximum Gasteiger partial charge on any atom is 0.348 e. The van der Waals surface area contributed by atoms with Gasteiger partial charge in [0.2, 0.25) is 0 Å². The molecule has 7 heteroatoms. The molecule has 0 amide bonds. The first-order chi connectivity index (χ1) is 17.2. The fraction of sp³-hybridized carbons (Fsp3) is 0.393. The molecule has 180 valence electrons. The smallest absolute Gasteiger partial charge is 0.348 e. The van der Waals surface area contributed by atoms with Crippen molar-refractivity contribution >= 4 is 10.8 Å². The fourth-order valence-electron chi connectivity index (χ4n) is 5.53. The van der Waals surface area contributed by atoms with Gasteiger partial charge >= 0.3 is 5.69 Å². The van der Waals surface area contributed by atoms with Crippen LogP contribution in [0.15, 0.2) is 65.7 Å². The number of piperidine rings is 1. The predicted molar refractivity (Wildman–Crippen MR) is 136 cm³/mol. The van der Waals surface area contributed by atoms with Crippen LogP contribution in [0.25, 0.3) is 16.5 Å². The summed E-state index contributed by atoms with van der Waals surface area (Å²) in [5.74, 6) is 1.95. The van der Waals surface area contributed by atoms with Crippen LogP contribution in [0.3, 0.4) is 0 Å². The van der Waals surface area contributed by atoms with E-state index in [1.54, 1.807) is 6.20 Å². The number of H-pyrrole nitrogens is 1. The lowest BCUT2D eigenvalue weighted by atomic mass is 9.97. The van der Waals surface area contributed by atoms with E-state index in [0.29, 0.717) is 6.10 Å². The molecule has 1 aliphatic heterocycles. The molecule has 0 radical (unpaired) electrons. The maximum atomic E-state index is 12.9. The molecule has 2 aliphatic rings. The van der Waals surface area contributed by atoms with Crippen LogP contribution in [0.5, 0.6) is 5.75 Å². The zero-order chi connectivity index (χ0) is 23.6. The van der Waals surface area contributed by atoms with Crippen LogP contribution in [-0.4, -0.2) is 43.8 Å². The van der Waals surface area contributed by atoms with E-state index in [9.17, 15) is 4.79 Å². The first-order valence-electron chi connectivity index (χ1n) is 12.7. The Morgan fingerprint density at radius 3 is 2.71 bits per heavy atom. The quantitative estimate of drug-likeness (QED) is 0.439. The van der Waals surface area contributed by atoms with Crippen LogP contribution in [0.1, 0.15) is 55.8 Å². The highest BCUT2D eigenvalue weighted by Gasteiger charge is 2.25. The minimum absolute atomic E-state index is 0.195. The maximum absolute atomic E-state index is 12.9. The minimum atomic E-state index is -0.195. The molecule has 1 saturated heterocycles. The van der Waals surface area contributed by atoms with Crippen LogP contribution < -0.4 is 10.4 Å². The van der Waals surface area contributed by atoms with Crippen molar-refractivity contribution in [3.63, 3.8) is 0 Å². The second kappa shape index (κ2) is 9.66. The van der Waals surface area contributed by atoms with Crippen molar-refractivity contribution in [1.82, 2.24) is 24.6 Å². The lowest BCUT2D eigenvalue weighted by Gasteiger charge is -2.31. The van der Waals surface area contributed by atoms with Crippen molar-refractivity contribution in [2.75, 3.05) is 13.1 Å². The molecule has 0 bridgehead atoms. The molecule has 1 unspecified atom stereocenters. The summed E-state index contributed by atoms with van der Waals surface area (Å²) < 4.78 is 7.61. The number of fused-ring (bicyclic) bond motifs is 1. The predicted octanol–water partition coefficient (Wildman–Crippen LogP) is 4.81. The summed E-state index contributed by atoms with van der Waals surface area (Å²) in [4.78, 5) is 22.6. The van der Waals surface area contributed by atoms with Crippen LogP contribution in [0.4, 0.5) is 0 Å². The highest BCUT2D eigenvalue weighted by atomic mass is 16.5. The summed E-state index contributed by atoms with van der Waals surface area (Å²) in [6.07, 6.45) is 11.0. The number of ether oxygens (including phenoxy) is 1. The van der Waals surface area contributed by atoms with Crippen LogP contribution >= 0.6 is 0 Å². The molecular formula is C28H31N5O2. The first kappa shape index (κ1) is 22.0. The summed E-state index contributed by atoms with van der Waals surface area (Å²) in [5.41, 5.74) is 1.87. The first-order valence-corrected chi connectivity index (χ1v) is 12.7. The van der Waals surface area contributed by atoms with E-state index in [-0.39, 0.29) is 11.6 Å². The van der Waals surface area contributed by atoms with Crippen LogP contribution in [0, 0.1) is 0 Å². The van der Waals surface area contributed by atoms with Gasteiger partial charge < -0.3 is 4.74 Å². The van der Waals surface area contributed by atoms with E-state index in [2.05, 4.69) is 39.1 Å². The van der Waals surface area contributed by atoms with Gasteiger partial charge in [-0.1, -0.05) is 24.3 Å². The molecule has 7 nitrogen and oxygen atoms in total. The largest absolute Gasteiger partial charge is 0.490 e. The van der Waals surface area contributed by atoms with Gasteiger partial charge in [0.05, 0.1) is 11.8 Å². The van der Waals surface area contributed by atoms with Crippen molar-refractivity contribution in [3.8, 4) is 11.4 Å². The zero-order valence-corrected chi connectivity index (χ0v) is 19.9. The Morgan fingerprint density at radius 1 is 1.00 bits per heavy atom. The van der Waals surface area contributed by atoms with Crippen molar-refractivity contribution < 1.29 is 4.74 Å². The van der Waals surface area contributed by atoms with Crippen LogP contribution in [0.2, 0.25) is 0 Å². The number of nitrogens with zero attached hydrogens (tertiary/aromatic N) is 4. The van der Waals surface area contributed by atoms with E-state index in [0.717, 1.165) is 60.5 Å². The molecule has 2 fully saturated rings. The van der Waals surface area contributed by atoms with Gasteiger partial charge in [-0.25, -0.2) is 4.79 Å². The van der Waals surface area contributed by atoms with Crippen LogP contribution in [-0.2, 0) is 6.54 Å². The monoisotopic (exact) mass is 469 g/mol. The Kier molecular flexibility index (Phi) is 6.08. The van der Waals surface area contributed by atoms with Crippen molar-refractivity contribution in [1.29, 1.82) is 0 Å². The zero-order valence-electron chi connectivity index (χ0n) is 19.9. The fourth-order valence-corrected chi connectivity index (χ4v) is 5.53. The Labute approximate surface area is 204 Å². The Balaban J connectivity index is 1.15. The topological polar surface area (TPSA) is 76.0 Å².